The highest BCUT2D eigenvalue weighted by atomic mass is 16.6. The van der Waals surface area contributed by atoms with E-state index in [1.54, 1.807) is 0 Å². The number of unbranched alkanes of at least 4 members (excludes halogenated alkanes) is 9. The molecule has 0 radical (unpaired) electrons. The van der Waals surface area contributed by atoms with E-state index < -0.39 is 5.60 Å². The number of nitrogens with one attached hydrogen (secondary N) is 1. The molecule has 1 N–H and O–H groups in total. The topological polar surface area (TPSA) is 58.6 Å². The molecule has 1 amide bonds. The molecular weight excluding hydrogens is 424 g/mol. The maximum absolute atomic E-state index is 11.6. The maximum Gasteiger partial charge on any atom is 0.407 e. The second-order valence-electron chi connectivity index (χ2n) is 10.3. The van der Waals surface area contributed by atoms with Gasteiger partial charge in [-0.1, -0.05) is 69.6 Å². The maximum atomic E-state index is 11.6. The first-order valence-electron chi connectivity index (χ1n) is 13.0. The Morgan fingerprint density at radius 1 is 0.853 bits per heavy atom. The van der Waals surface area contributed by atoms with Gasteiger partial charge in [-0.2, -0.15) is 0 Å². The van der Waals surface area contributed by atoms with Gasteiger partial charge in [0.15, 0.2) is 0 Å². The van der Waals surface area contributed by atoms with Crippen LogP contribution in [0, 0.1) is 0 Å². The van der Waals surface area contributed by atoms with Gasteiger partial charge in [-0.3, -0.25) is 4.79 Å². The lowest BCUT2D eigenvalue weighted by Gasteiger charge is -2.20. The summed E-state index contributed by atoms with van der Waals surface area (Å²) in [6.07, 6.45) is 13.0. The van der Waals surface area contributed by atoms with Crippen LogP contribution < -0.4 is 10.2 Å². The third-order valence-corrected chi connectivity index (χ3v) is 6.01. The summed E-state index contributed by atoms with van der Waals surface area (Å²) in [5, 5.41) is 5.11. The molecule has 0 aliphatic rings. The number of carbonyl (C=O) groups is 2. The van der Waals surface area contributed by atoms with Gasteiger partial charge in [-0.25, -0.2) is 4.79 Å². The zero-order chi connectivity index (χ0) is 24.8. The van der Waals surface area contributed by atoms with Crippen LogP contribution in [-0.2, 0) is 4.74 Å². The Balaban J connectivity index is 1.45. The fraction of sp³-hybridized carbons (Fsp3) is 0.586. The molecule has 2 aromatic rings. The van der Waals surface area contributed by atoms with Crippen LogP contribution in [-0.4, -0.2) is 38.1 Å². The van der Waals surface area contributed by atoms with E-state index in [9.17, 15) is 9.59 Å². The Morgan fingerprint density at radius 2 is 1.41 bits per heavy atom. The zero-order valence-corrected chi connectivity index (χ0v) is 21.7. The lowest BCUT2D eigenvalue weighted by Crippen LogP contribution is -2.32. The normalized spacial score (nSPS) is 11.4. The molecule has 34 heavy (non-hydrogen) atoms. The lowest BCUT2D eigenvalue weighted by atomic mass is 10.1. The second kappa shape index (κ2) is 14.6. The predicted octanol–water partition coefficient (Wildman–Crippen LogP) is 7.51. The van der Waals surface area contributed by atoms with Gasteiger partial charge in [0.05, 0.1) is 0 Å². The monoisotopic (exact) mass is 468 g/mol. The molecule has 0 spiro atoms. The summed E-state index contributed by atoms with van der Waals surface area (Å²) in [5.74, 6) is 0. The molecule has 0 saturated carbocycles. The molecule has 0 fully saturated rings. The first kappa shape index (κ1) is 27.7. The Labute approximate surface area is 206 Å². The van der Waals surface area contributed by atoms with Gasteiger partial charge >= 0.3 is 6.09 Å². The molecule has 2 aromatic carbocycles. The molecule has 0 atom stereocenters. The zero-order valence-electron chi connectivity index (χ0n) is 21.7. The van der Waals surface area contributed by atoms with E-state index in [1.165, 1.54) is 62.4 Å². The molecule has 188 valence electrons. The minimum absolute atomic E-state index is 0.315. The number of nitrogens with zero attached hydrogens (tertiary/aromatic N) is 1. The summed E-state index contributed by atoms with van der Waals surface area (Å²) in [5.41, 5.74) is 1.52. The van der Waals surface area contributed by atoms with E-state index in [-0.39, 0.29) is 6.09 Å². The second-order valence-corrected chi connectivity index (χ2v) is 10.3. The highest BCUT2D eigenvalue weighted by Gasteiger charge is 2.15. The van der Waals surface area contributed by atoms with E-state index in [0.29, 0.717) is 6.54 Å². The first-order chi connectivity index (χ1) is 16.3. The van der Waals surface area contributed by atoms with E-state index in [1.807, 2.05) is 39.0 Å². The smallest absolute Gasteiger partial charge is 0.407 e. The van der Waals surface area contributed by atoms with Crippen molar-refractivity contribution in [1.29, 1.82) is 0 Å². The fourth-order valence-corrected chi connectivity index (χ4v) is 4.08. The highest BCUT2D eigenvalue weighted by Crippen LogP contribution is 2.23. The molecule has 0 aromatic heterocycles. The number of ether oxygens (including phenoxy) is 1. The summed E-state index contributed by atoms with van der Waals surface area (Å²) in [6, 6.07) is 12.3. The average molecular weight is 469 g/mol. The number of carbonyl (C=O) groups excluding carboxylic acids is 2. The predicted molar refractivity (Wildman–Crippen MR) is 143 cm³/mol. The van der Waals surface area contributed by atoms with E-state index in [2.05, 4.69) is 35.5 Å². The van der Waals surface area contributed by atoms with E-state index in [0.717, 1.165) is 36.6 Å². The largest absolute Gasteiger partial charge is 0.444 e. The molecule has 0 saturated heterocycles. The quantitative estimate of drug-likeness (QED) is 0.217. The molecular formula is C29H44N2O3. The average Bonchev–Trinajstić information content (AvgIpc) is 2.80. The summed E-state index contributed by atoms with van der Waals surface area (Å²) in [7, 11) is 2.16. The van der Waals surface area contributed by atoms with Gasteiger partial charge in [0, 0.05) is 31.4 Å². The van der Waals surface area contributed by atoms with Crippen LogP contribution in [0.5, 0.6) is 0 Å². The number of rotatable bonds is 15. The van der Waals surface area contributed by atoms with Crippen LogP contribution in [0.1, 0.15) is 95.3 Å². The van der Waals surface area contributed by atoms with Crippen molar-refractivity contribution in [3.05, 3.63) is 42.0 Å². The molecule has 0 heterocycles. The summed E-state index contributed by atoms with van der Waals surface area (Å²) in [4.78, 5) is 24.8. The Bertz CT molecular complexity index is 889. The highest BCUT2D eigenvalue weighted by molar-refractivity contribution is 5.90. The minimum atomic E-state index is -0.429. The van der Waals surface area contributed by atoms with Gasteiger partial charge < -0.3 is 15.0 Å². The van der Waals surface area contributed by atoms with Crippen LogP contribution in [0.4, 0.5) is 10.5 Å². The Kier molecular flexibility index (Phi) is 11.9. The van der Waals surface area contributed by atoms with Crippen molar-refractivity contribution in [2.24, 2.45) is 0 Å². The number of fused-ring (bicyclic) bond motifs is 1. The van der Waals surface area contributed by atoms with Gasteiger partial charge in [-0.15, -0.1) is 0 Å². The molecule has 0 bridgehead atoms. The number of anilines is 1. The van der Waals surface area contributed by atoms with Crippen molar-refractivity contribution >= 4 is 28.8 Å². The Morgan fingerprint density at radius 3 is 2.03 bits per heavy atom. The van der Waals surface area contributed by atoms with Crippen molar-refractivity contribution in [3.63, 3.8) is 0 Å². The molecule has 0 aliphatic heterocycles. The van der Waals surface area contributed by atoms with Crippen molar-refractivity contribution in [1.82, 2.24) is 5.32 Å². The Hall–Kier alpha value is -2.56. The van der Waals surface area contributed by atoms with E-state index >= 15 is 0 Å². The van der Waals surface area contributed by atoms with Crippen molar-refractivity contribution in [3.8, 4) is 0 Å². The summed E-state index contributed by atoms with van der Waals surface area (Å²) >= 11 is 0. The van der Waals surface area contributed by atoms with Crippen LogP contribution in [0.3, 0.4) is 0 Å². The van der Waals surface area contributed by atoms with Gasteiger partial charge in [-0.05, 0) is 62.6 Å². The molecule has 5 heteroatoms. The first-order valence-corrected chi connectivity index (χ1v) is 13.0. The van der Waals surface area contributed by atoms with Crippen LogP contribution in [0.15, 0.2) is 36.4 Å². The van der Waals surface area contributed by atoms with Crippen molar-refractivity contribution in [2.45, 2.75) is 90.6 Å². The van der Waals surface area contributed by atoms with Crippen molar-refractivity contribution < 1.29 is 14.3 Å². The number of amides is 1. The third kappa shape index (κ3) is 11.0. The minimum Gasteiger partial charge on any atom is -0.444 e. The van der Waals surface area contributed by atoms with Crippen molar-refractivity contribution in [2.75, 3.05) is 25.0 Å². The number of hydrogen-bond donors (Lipinski definition) is 1. The molecule has 5 nitrogen and oxygen atoms in total. The SMILES string of the molecule is CN(CCCCCCCCCCCCNC(=O)OC(C)(C)C)c1ccc2cc(C=O)ccc2c1. The van der Waals surface area contributed by atoms with Crippen LogP contribution in [0.25, 0.3) is 10.8 Å². The van der Waals surface area contributed by atoms with Crippen LogP contribution >= 0.6 is 0 Å². The lowest BCUT2D eigenvalue weighted by molar-refractivity contribution is 0.0527. The molecule has 0 aliphatic carbocycles. The molecule has 2 rings (SSSR count). The van der Waals surface area contributed by atoms with Crippen LogP contribution in [0.2, 0.25) is 0 Å². The van der Waals surface area contributed by atoms with Gasteiger partial charge in [0.1, 0.15) is 11.9 Å². The van der Waals surface area contributed by atoms with Gasteiger partial charge in [0.25, 0.3) is 0 Å². The number of aldehydes is 1. The summed E-state index contributed by atoms with van der Waals surface area (Å²) < 4.78 is 5.23. The molecule has 0 unspecified atom stereocenters. The number of alkyl carbamates (subject to hydrolysis) is 1. The fourth-order valence-electron chi connectivity index (χ4n) is 4.08. The van der Waals surface area contributed by atoms with E-state index in [4.69, 9.17) is 4.74 Å². The summed E-state index contributed by atoms with van der Waals surface area (Å²) in [6.45, 7) is 7.40. The van der Waals surface area contributed by atoms with Gasteiger partial charge in [0.2, 0.25) is 0 Å². The number of benzene rings is 2. The standard InChI is InChI=1S/C29H44N2O3/c1-29(2,3)34-28(33)30-19-13-11-9-7-5-6-8-10-12-14-20-31(4)27-18-17-25-21-24(23-32)15-16-26(25)22-27/h15-18,21-23H,5-14,19-20H2,1-4H3,(H,30,33). The third-order valence-electron chi connectivity index (χ3n) is 6.01. The number of hydrogen-bond acceptors (Lipinski definition) is 4.